The van der Waals surface area contributed by atoms with Crippen LogP contribution in [-0.4, -0.2) is 31.2 Å². The quantitative estimate of drug-likeness (QED) is 0.756. The van der Waals surface area contributed by atoms with E-state index in [-0.39, 0.29) is 24.9 Å². The van der Waals surface area contributed by atoms with Gasteiger partial charge < -0.3 is 14.6 Å². The van der Waals surface area contributed by atoms with E-state index in [1.807, 2.05) is 0 Å². The summed E-state index contributed by atoms with van der Waals surface area (Å²) in [6, 6.07) is 0. The van der Waals surface area contributed by atoms with Crippen LogP contribution < -0.4 is 0 Å². The molecule has 0 aromatic rings. The fourth-order valence-electron chi connectivity index (χ4n) is 2.45. The van der Waals surface area contributed by atoms with Crippen LogP contribution in [0, 0.1) is 17.8 Å². The zero-order chi connectivity index (χ0) is 10.7. The summed E-state index contributed by atoms with van der Waals surface area (Å²) >= 11 is 0. The van der Waals surface area contributed by atoms with Crippen LogP contribution in [0.5, 0.6) is 0 Å². The molecule has 3 nitrogen and oxygen atoms in total. The molecular weight excluding hydrogens is 180 g/mol. The standard InChI is InChI=1S/C11H22O3/c1-5-10-7(2)9(6-12)8(3)11(13-4)14-10/h7-12H,5-6H2,1-4H3. The number of hydrogen-bond donors (Lipinski definition) is 1. The van der Waals surface area contributed by atoms with Gasteiger partial charge >= 0.3 is 0 Å². The van der Waals surface area contributed by atoms with Crippen LogP contribution in [0.2, 0.25) is 0 Å². The topological polar surface area (TPSA) is 38.7 Å². The molecule has 1 rings (SSSR count). The predicted molar refractivity (Wildman–Crippen MR) is 54.9 cm³/mol. The molecule has 1 saturated heterocycles. The molecule has 0 saturated carbocycles. The fraction of sp³-hybridized carbons (Fsp3) is 1.00. The van der Waals surface area contributed by atoms with Crippen LogP contribution >= 0.6 is 0 Å². The summed E-state index contributed by atoms with van der Waals surface area (Å²) < 4.78 is 11.1. The highest BCUT2D eigenvalue weighted by Gasteiger charge is 2.40. The van der Waals surface area contributed by atoms with Crippen molar-refractivity contribution in [1.29, 1.82) is 0 Å². The second-order valence-corrected chi connectivity index (χ2v) is 4.25. The van der Waals surface area contributed by atoms with Crippen LogP contribution in [0.15, 0.2) is 0 Å². The minimum Gasteiger partial charge on any atom is -0.396 e. The molecule has 0 radical (unpaired) electrons. The van der Waals surface area contributed by atoms with Crippen molar-refractivity contribution in [1.82, 2.24) is 0 Å². The van der Waals surface area contributed by atoms with E-state index in [0.29, 0.717) is 11.8 Å². The first kappa shape index (κ1) is 12.0. The van der Waals surface area contributed by atoms with Gasteiger partial charge in [0.2, 0.25) is 0 Å². The van der Waals surface area contributed by atoms with E-state index in [1.54, 1.807) is 7.11 Å². The Labute approximate surface area is 86.4 Å². The average Bonchev–Trinajstić information content (AvgIpc) is 2.19. The molecule has 5 unspecified atom stereocenters. The summed E-state index contributed by atoms with van der Waals surface area (Å²) in [6.07, 6.45) is 1.03. The van der Waals surface area contributed by atoms with Gasteiger partial charge in [-0.05, 0) is 18.3 Å². The normalized spacial score (nSPS) is 43.9. The Bertz CT molecular complexity index is 156. The molecule has 5 atom stereocenters. The summed E-state index contributed by atoms with van der Waals surface area (Å²) in [5, 5.41) is 9.35. The molecule has 0 aliphatic carbocycles. The van der Waals surface area contributed by atoms with Gasteiger partial charge in [0.25, 0.3) is 0 Å². The Morgan fingerprint density at radius 3 is 2.36 bits per heavy atom. The van der Waals surface area contributed by atoms with Crippen molar-refractivity contribution in [2.24, 2.45) is 17.8 Å². The van der Waals surface area contributed by atoms with Gasteiger partial charge in [-0.15, -0.1) is 0 Å². The first-order valence-electron chi connectivity index (χ1n) is 5.44. The number of aliphatic hydroxyl groups is 1. The molecule has 3 heteroatoms. The Hall–Kier alpha value is -0.120. The van der Waals surface area contributed by atoms with Gasteiger partial charge in [0.05, 0.1) is 6.10 Å². The SMILES string of the molecule is CCC1OC(OC)C(C)C(CO)C1C. The lowest BCUT2D eigenvalue weighted by atomic mass is 9.77. The van der Waals surface area contributed by atoms with Gasteiger partial charge in [-0.25, -0.2) is 0 Å². The Balaban J connectivity index is 2.72. The third kappa shape index (κ3) is 2.10. The highest BCUT2D eigenvalue weighted by Crippen LogP contribution is 2.36. The van der Waals surface area contributed by atoms with E-state index >= 15 is 0 Å². The minimum absolute atomic E-state index is 0.159. The van der Waals surface area contributed by atoms with E-state index in [4.69, 9.17) is 9.47 Å². The highest BCUT2D eigenvalue weighted by atomic mass is 16.7. The van der Waals surface area contributed by atoms with Crippen molar-refractivity contribution in [3.8, 4) is 0 Å². The molecule has 0 bridgehead atoms. The molecule has 1 fully saturated rings. The molecular formula is C11H22O3. The number of ether oxygens (including phenoxy) is 2. The second kappa shape index (κ2) is 5.10. The Morgan fingerprint density at radius 1 is 1.29 bits per heavy atom. The van der Waals surface area contributed by atoms with E-state index < -0.39 is 0 Å². The monoisotopic (exact) mass is 202 g/mol. The fourth-order valence-corrected chi connectivity index (χ4v) is 2.45. The zero-order valence-corrected chi connectivity index (χ0v) is 9.56. The maximum atomic E-state index is 9.35. The summed E-state index contributed by atoms with van der Waals surface area (Å²) in [7, 11) is 1.66. The average molecular weight is 202 g/mol. The number of aliphatic hydroxyl groups excluding tert-OH is 1. The Morgan fingerprint density at radius 2 is 1.93 bits per heavy atom. The summed E-state index contributed by atoms with van der Waals surface area (Å²) in [5.41, 5.74) is 0. The lowest BCUT2D eigenvalue weighted by molar-refractivity contribution is -0.244. The van der Waals surface area contributed by atoms with Crippen LogP contribution in [-0.2, 0) is 9.47 Å². The molecule has 0 spiro atoms. The van der Waals surface area contributed by atoms with Crippen LogP contribution in [0.4, 0.5) is 0 Å². The maximum Gasteiger partial charge on any atom is 0.160 e. The molecule has 1 N–H and O–H groups in total. The van der Waals surface area contributed by atoms with Crippen molar-refractivity contribution in [2.45, 2.75) is 39.6 Å². The molecule has 14 heavy (non-hydrogen) atoms. The van der Waals surface area contributed by atoms with Gasteiger partial charge in [-0.1, -0.05) is 20.8 Å². The number of methoxy groups -OCH3 is 1. The lowest BCUT2D eigenvalue weighted by Crippen LogP contribution is -2.47. The van der Waals surface area contributed by atoms with Gasteiger partial charge in [0.1, 0.15) is 0 Å². The minimum atomic E-state index is -0.159. The van der Waals surface area contributed by atoms with Crippen molar-refractivity contribution in [3.63, 3.8) is 0 Å². The van der Waals surface area contributed by atoms with Crippen LogP contribution in [0.25, 0.3) is 0 Å². The second-order valence-electron chi connectivity index (χ2n) is 4.25. The summed E-state index contributed by atoms with van der Waals surface area (Å²) in [5.74, 6) is 0.966. The molecule has 0 aromatic heterocycles. The van der Waals surface area contributed by atoms with E-state index in [2.05, 4.69) is 20.8 Å². The van der Waals surface area contributed by atoms with Crippen molar-refractivity contribution < 1.29 is 14.6 Å². The Kier molecular flexibility index (Phi) is 4.35. The number of rotatable bonds is 3. The first-order valence-corrected chi connectivity index (χ1v) is 5.44. The molecule has 0 amide bonds. The lowest BCUT2D eigenvalue weighted by Gasteiger charge is -2.43. The van der Waals surface area contributed by atoms with Crippen LogP contribution in [0.1, 0.15) is 27.2 Å². The maximum absolute atomic E-state index is 9.35. The molecule has 1 heterocycles. The van der Waals surface area contributed by atoms with E-state index in [1.165, 1.54) is 0 Å². The molecule has 0 aromatic carbocycles. The van der Waals surface area contributed by atoms with Gasteiger partial charge in [-0.3, -0.25) is 0 Å². The van der Waals surface area contributed by atoms with Crippen LogP contribution in [0.3, 0.4) is 0 Å². The van der Waals surface area contributed by atoms with Crippen molar-refractivity contribution in [3.05, 3.63) is 0 Å². The third-order valence-corrected chi connectivity index (χ3v) is 3.52. The number of hydrogen-bond acceptors (Lipinski definition) is 3. The molecule has 1 aliphatic heterocycles. The molecule has 84 valence electrons. The van der Waals surface area contributed by atoms with Gasteiger partial charge in [0.15, 0.2) is 6.29 Å². The highest BCUT2D eigenvalue weighted by molar-refractivity contribution is 4.83. The van der Waals surface area contributed by atoms with Gasteiger partial charge in [0, 0.05) is 19.6 Å². The van der Waals surface area contributed by atoms with E-state index in [0.717, 1.165) is 6.42 Å². The zero-order valence-electron chi connectivity index (χ0n) is 9.56. The third-order valence-electron chi connectivity index (χ3n) is 3.52. The van der Waals surface area contributed by atoms with Crippen molar-refractivity contribution in [2.75, 3.05) is 13.7 Å². The van der Waals surface area contributed by atoms with Crippen molar-refractivity contribution >= 4 is 0 Å². The van der Waals surface area contributed by atoms with E-state index in [9.17, 15) is 5.11 Å². The smallest absolute Gasteiger partial charge is 0.160 e. The summed E-state index contributed by atoms with van der Waals surface area (Å²) in [4.78, 5) is 0. The molecule has 1 aliphatic rings. The largest absolute Gasteiger partial charge is 0.396 e. The predicted octanol–water partition coefficient (Wildman–Crippen LogP) is 1.65. The van der Waals surface area contributed by atoms with Gasteiger partial charge in [-0.2, -0.15) is 0 Å². The summed E-state index contributed by atoms with van der Waals surface area (Å²) in [6.45, 7) is 6.56. The first-order chi connectivity index (χ1) is 6.65.